The molecule has 0 aliphatic carbocycles. The van der Waals surface area contributed by atoms with Crippen molar-refractivity contribution in [2.45, 2.75) is 46.2 Å². The summed E-state index contributed by atoms with van der Waals surface area (Å²) in [5.41, 5.74) is 0.0899. The topological polar surface area (TPSA) is 93.7 Å². The molecule has 7 nitrogen and oxygen atoms in total. The quantitative estimate of drug-likeness (QED) is 0.486. The van der Waals surface area contributed by atoms with Crippen molar-refractivity contribution < 1.29 is 23.4 Å². The minimum absolute atomic E-state index is 0.0661. The molecule has 140 valence electrons. The lowest BCUT2D eigenvalue weighted by atomic mass is 10.1. The van der Waals surface area contributed by atoms with Crippen LogP contribution >= 0.6 is 7.52 Å². The van der Waals surface area contributed by atoms with Gasteiger partial charge in [-0.3, -0.25) is 14.2 Å². The van der Waals surface area contributed by atoms with Crippen molar-refractivity contribution >= 4 is 19.1 Å². The number of hydrogen-bond acceptors (Lipinski definition) is 5. The average Bonchev–Trinajstić information content (AvgIpc) is 2.55. The molecule has 0 saturated carbocycles. The van der Waals surface area contributed by atoms with Crippen LogP contribution in [0.2, 0.25) is 0 Å². The summed E-state index contributed by atoms with van der Waals surface area (Å²) in [6, 6.07) is 8.05. The molecular formula is C17H27N2O5P. The number of esters is 1. The van der Waals surface area contributed by atoms with Gasteiger partial charge >= 0.3 is 19.1 Å². The third-order valence-corrected chi connectivity index (χ3v) is 5.11. The summed E-state index contributed by atoms with van der Waals surface area (Å²) < 4.78 is 23.3. The molecule has 0 heterocycles. The zero-order valence-electron chi connectivity index (χ0n) is 15.2. The zero-order chi connectivity index (χ0) is 18.9. The van der Waals surface area contributed by atoms with Crippen LogP contribution in [0.15, 0.2) is 30.3 Å². The number of nitrogens with one attached hydrogen (secondary N) is 2. The largest absolute Gasteiger partial charge is 0.465 e. The second-order valence-corrected chi connectivity index (χ2v) is 7.72. The summed E-state index contributed by atoms with van der Waals surface area (Å²) >= 11 is 0. The van der Waals surface area contributed by atoms with Gasteiger partial charge in [0.2, 0.25) is 0 Å². The maximum Gasteiger partial charge on any atom is 0.356 e. The van der Waals surface area contributed by atoms with Crippen molar-refractivity contribution in [2.24, 2.45) is 0 Å². The van der Waals surface area contributed by atoms with E-state index in [9.17, 15) is 14.2 Å². The number of ether oxygens (including phenoxy) is 1. The van der Waals surface area contributed by atoms with Crippen molar-refractivity contribution in [3.63, 3.8) is 0 Å². The summed E-state index contributed by atoms with van der Waals surface area (Å²) in [6.07, 6.45) is 0.228. The zero-order valence-corrected chi connectivity index (χ0v) is 16.0. The molecule has 2 atom stereocenters. The molecule has 0 aromatic heterocycles. The van der Waals surface area contributed by atoms with Gasteiger partial charge in [-0.2, -0.15) is 0 Å². The Kier molecular flexibility index (Phi) is 8.83. The van der Waals surface area contributed by atoms with E-state index in [0.717, 1.165) is 5.56 Å². The molecule has 2 N–H and O–H groups in total. The van der Waals surface area contributed by atoms with Gasteiger partial charge < -0.3 is 14.6 Å². The van der Waals surface area contributed by atoms with Crippen LogP contribution in [0.5, 0.6) is 0 Å². The number of amides is 1. The maximum atomic E-state index is 13.0. The van der Waals surface area contributed by atoms with Gasteiger partial charge in [-0.15, -0.1) is 0 Å². The number of benzene rings is 1. The second kappa shape index (κ2) is 10.3. The summed E-state index contributed by atoms with van der Waals surface area (Å²) in [7, 11) is -3.94. The summed E-state index contributed by atoms with van der Waals surface area (Å²) in [5, 5.41) is 5.18. The summed E-state index contributed by atoms with van der Waals surface area (Å²) in [6.45, 7) is 7.07. The Balaban J connectivity index is 3.03. The highest BCUT2D eigenvalue weighted by molar-refractivity contribution is 7.74. The molecule has 1 rings (SSSR count). The predicted molar refractivity (Wildman–Crippen MR) is 96.6 cm³/mol. The van der Waals surface area contributed by atoms with E-state index < -0.39 is 25.2 Å². The fourth-order valence-corrected chi connectivity index (χ4v) is 3.86. The molecule has 8 heteroatoms. The van der Waals surface area contributed by atoms with E-state index in [0.29, 0.717) is 0 Å². The highest BCUT2D eigenvalue weighted by Gasteiger charge is 2.38. The number of carbonyl (C=O) groups is 2. The van der Waals surface area contributed by atoms with Gasteiger partial charge in [-0.1, -0.05) is 30.3 Å². The Hall–Kier alpha value is -1.69. The van der Waals surface area contributed by atoms with E-state index in [1.807, 2.05) is 30.3 Å². The Labute approximate surface area is 149 Å². The molecule has 1 aromatic rings. The van der Waals surface area contributed by atoms with Gasteiger partial charge in [0, 0.05) is 6.04 Å². The molecule has 25 heavy (non-hydrogen) atoms. The van der Waals surface area contributed by atoms with Crippen LogP contribution in [0, 0.1) is 0 Å². The maximum absolute atomic E-state index is 13.0. The molecular weight excluding hydrogens is 343 g/mol. The van der Waals surface area contributed by atoms with Crippen LogP contribution < -0.4 is 10.4 Å². The third kappa shape index (κ3) is 6.98. The molecule has 0 spiro atoms. The summed E-state index contributed by atoms with van der Waals surface area (Å²) in [4.78, 5) is 24.6. The number of hydrogen-bond donors (Lipinski definition) is 2. The van der Waals surface area contributed by atoms with E-state index >= 15 is 0 Å². The number of rotatable bonds is 10. The van der Waals surface area contributed by atoms with Crippen LogP contribution in [0.25, 0.3) is 0 Å². The van der Waals surface area contributed by atoms with E-state index in [1.54, 1.807) is 27.7 Å². The SMILES string of the molecule is CCOC(=O)C(Cc1ccccc1)NP(=O)(OCC)C(=O)NC(C)C. The standard InChI is InChI=1S/C17H27N2O5P/c1-5-23-16(20)15(12-14-10-8-7-9-11-14)19-25(22,24-6-2)17(21)18-13(3)4/h7-11,13,15H,5-6,12H2,1-4H3,(H,18,21)(H,19,22). The first-order valence-corrected chi connectivity index (χ1v) is 9.98. The monoisotopic (exact) mass is 370 g/mol. The van der Waals surface area contributed by atoms with E-state index in [4.69, 9.17) is 9.26 Å². The van der Waals surface area contributed by atoms with Crippen LogP contribution in [0.1, 0.15) is 33.3 Å². The van der Waals surface area contributed by atoms with Crippen molar-refractivity contribution in [3.05, 3.63) is 35.9 Å². The van der Waals surface area contributed by atoms with Crippen LogP contribution in [-0.2, 0) is 25.0 Å². The molecule has 1 amide bonds. The highest BCUT2D eigenvalue weighted by Crippen LogP contribution is 2.44. The van der Waals surface area contributed by atoms with E-state index in [-0.39, 0.29) is 25.7 Å². The van der Waals surface area contributed by atoms with E-state index in [2.05, 4.69) is 10.4 Å². The lowest BCUT2D eigenvalue weighted by molar-refractivity contribution is -0.145. The predicted octanol–water partition coefficient (Wildman–Crippen LogP) is 3.10. The van der Waals surface area contributed by atoms with Crippen molar-refractivity contribution in [1.82, 2.24) is 10.4 Å². The lowest BCUT2D eigenvalue weighted by Gasteiger charge is -2.24. The van der Waals surface area contributed by atoms with Crippen molar-refractivity contribution in [3.8, 4) is 0 Å². The molecule has 0 radical (unpaired) electrons. The van der Waals surface area contributed by atoms with Crippen LogP contribution in [0.4, 0.5) is 4.79 Å². The Morgan fingerprint density at radius 2 is 1.76 bits per heavy atom. The van der Waals surface area contributed by atoms with Gasteiger partial charge in [0.1, 0.15) is 6.04 Å². The van der Waals surface area contributed by atoms with Crippen LogP contribution in [-0.4, -0.2) is 36.9 Å². The first kappa shape index (κ1) is 21.4. The van der Waals surface area contributed by atoms with Gasteiger partial charge in [-0.25, -0.2) is 5.09 Å². The van der Waals surface area contributed by atoms with Gasteiger partial charge in [0.05, 0.1) is 13.2 Å². The second-order valence-electron chi connectivity index (χ2n) is 5.70. The highest BCUT2D eigenvalue weighted by atomic mass is 31.2. The number of carbonyl (C=O) groups excluding carboxylic acids is 2. The molecule has 0 aliphatic rings. The van der Waals surface area contributed by atoms with Gasteiger partial charge in [-0.05, 0) is 39.7 Å². The van der Waals surface area contributed by atoms with Crippen molar-refractivity contribution in [1.29, 1.82) is 0 Å². The summed E-state index contributed by atoms with van der Waals surface area (Å²) in [5.74, 6) is -0.580. The molecule has 0 fully saturated rings. The minimum Gasteiger partial charge on any atom is -0.465 e. The van der Waals surface area contributed by atoms with Gasteiger partial charge in [0.15, 0.2) is 0 Å². The molecule has 0 saturated heterocycles. The molecule has 0 aliphatic heterocycles. The van der Waals surface area contributed by atoms with Crippen molar-refractivity contribution in [2.75, 3.05) is 13.2 Å². The van der Waals surface area contributed by atoms with E-state index in [1.165, 1.54) is 0 Å². The molecule has 2 unspecified atom stereocenters. The third-order valence-electron chi connectivity index (χ3n) is 3.17. The minimum atomic E-state index is -3.94. The molecule has 0 bridgehead atoms. The normalized spacial score (nSPS) is 14.6. The van der Waals surface area contributed by atoms with Crippen LogP contribution in [0.3, 0.4) is 0 Å². The molecule has 1 aromatic carbocycles. The average molecular weight is 370 g/mol. The Morgan fingerprint density at radius 1 is 1.12 bits per heavy atom. The smallest absolute Gasteiger partial charge is 0.356 e. The first-order chi connectivity index (χ1) is 11.8. The van der Waals surface area contributed by atoms with Gasteiger partial charge in [0.25, 0.3) is 0 Å². The fraction of sp³-hybridized carbons (Fsp3) is 0.529. The lowest BCUT2D eigenvalue weighted by Crippen LogP contribution is -2.42. The first-order valence-electron chi connectivity index (χ1n) is 8.36. The fourth-order valence-electron chi connectivity index (χ4n) is 2.15. The Morgan fingerprint density at radius 3 is 2.28 bits per heavy atom. The Bertz CT molecular complexity index is 606.